The van der Waals surface area contributed by atoms with Crippen LogP contribution in [0, 0.1) is 6.92 Å². The molecule has 2 nitrogen and oxygen atoms in total. The first-order valence-corrected chi connectivity index (χ1v) is 9.97. The molecule has 0 amide bonds. The lowest BCUT2D eigenvalue weighted by Crippen LogP contribution is -2.02. The number of nitrogens with one attached hydrogen (secondary N) is 1. The Labute approximate surface area is 169 Å². The van der Waals surface area contributed by atoms with Crippen LogP contribution in [0.5, 0.6) is 0 Å². The molecule has 2 heteroatoms. The summed E-state index contributed by atoms with van der Waals surface area (Å²) in [5, 5.41) is 6.29. The molecule has 6 rings (SSSR count). The molecule has 1 aliphatic heterocycles. The Morgan fingerprint density at radius 1 is 0.655 bits per heavy atom. The lowest BCUT2D eigenvalue weighted by atomic mass is 10.1. The van der Waals surface area contributed by atoms with Crippen LogP contribution in [0.4, 0.5) is 11.4 Å². The quantitative estimate of drug-likeness (QED) is 0.320. The van der Waals surface area contributed by atoms with Gasteiger partial charge in [0, 0.05) is 22.0 Å². The van der Waals surface area contributed by atoms with Gasteiger partial charge in [-0.2, -0.15) is 0 Å². The lowest BCUT2D eigenvalue weighted by molar-refractivity contribution is 1.17. The number of anilines is 2. The highest BCUT2D eigenvalue weighted by molar-refractivity contribution is 6.10. The fraction of sp³-hybridized carbons (Fsp3) is 0.0370. The molecule has 0 fully saturated rings. The molecule has 2 heterocycles. The zero-order chi connectivity index (χ0) is 19.4. The van der Waals surface area contributed by atoms with Gasteiger partial charge in [0.1, 0.15) is 0 Å². The van der Waals surface area contributed by atoms with E-state index in [-0.39, 0.29) is 0 Å². The van der Waals surface area contributed by atoms with Crippen LogP contribution in [0.15, 0.2) is 84.9 Å². The maximum atomic E-state index is 3.72. The van der Waals surface area contributed by atoms with Crippen molar-refractivity contribution < 1.29 is 0 Å². The van der Waals surface area contributed by atoms with Crippen LogP contribution in [0.2, 0.25) is 0 Å². The molecule has 29 heavy (non-hydrogen) atoms. The number of para-hydroxylation sites is 3. The third-order valence-corrected chi connectivity index (χ3v) is 5.81. The molecule has 1 N–H and O–H groups in total. The number of fused-ring (bicyclic) bond motifs is 5. The Balaban J connectivity index is 1.71. The minimum atomic E-state index is 1.13. The summed E-state index contributed by atoms with van der Waals surface area (Å²) in [6.07, 6.45) is 4.39. The standard InChI is InChI=1S/C27H20N2/c1-18-13-16-22-21-9-3-5-11-24(21)29(26(22)17-18)25-12-6-8-20-15-14-19-7-2-4-10-23(19)28-27(20)25/h2-17,28H,1H3. The summed E-state index contributed by atoms with van der Waals surface area (Å²) in [5.74, 6) is 0. The van der Waals surface area contributed by atoms with Gasteiger partial charge in [0.15, 0.2) is 0 Å². The molecule has 0 atom stereocenters. The van der Waals surface area contributed by atoms with Gasteiger partial charge in [-0.25, -0.2) is 0 Å². The Bertz CT molecular complexity index is 1440. The van der Waals surface area contributed by atoms with Gasteiger partial charge in [-0.15, -0.1) is 0 Å². The number of nitrogens with zero attached hydrogens (tertiary/aromatic N) is 1. The molecule has 0 bridgehead atoms. The Morgan fingerprint density at radius 3 is 2.38 bits per heavy atom. The first-order chi connectivity index (χ1) is 14.3. The van der Waals surface area contributed by atoms with E-state index in [2.05, 4.69) is 114 Å². The summed E-state index contributed by atoms with van der Waals surface area (Å²) in [6.45, 7) is 2.16. The molecular formula is C27H20N2. The second-order valence-electron chi connectivity index (χ2n) is 7.66. The number of hydrogen-bond donors (Lipinski definition) is 1. The highest BCUT2D eigenvalue weighted by Gasteiger charge is 2.18. The first kappa shape index (κ1) is 16.2. The molecular weight excluding hydrogens is 352 g/mol. The van der Waals surface area contributed by atoms with E-state index < -0.39 is 0 Å². The summed E-state index contributed by atoms with van der Waals surface area (Å²) < 4.78 is 2.39. The van der Waals surface area contributed by atoms with Crippen molar-refractivity contribution in [2.24, 2.45) is 0 Å². The maximum Gasteiger partial charge on any atom is 0.0703 e. The summed E-state index contributed by atoms with van der Waals surface area (Å²) >= 11 is 0. The van der Waals surface area contributed by atoms with Crippen molar-refractivity contribution in [2.45, 2.75) is 6.92 Å². The fourth-order valence-corrected chi connectivity index (χ4v) is 4.43. The molecule has 0 saturated heterocycles. The van der Waals surface area contributed by atoms with Crippen molar-refractivity contribution in [3.63, 3.8) is 0 Å². The molecule has 4 aromatic carbocycles. The van der Waals surface area contributed by atoms with Gasteiger partial charge in [0.25, 0.3) is 0 Å². The minimum absolute atomic E-state index is 1.13. The van der Waals surface area contributed by atoms with E-state index in [1.807, 2.05) is 0 Å². The van der Waals surface area contributed by atoms with Crippen molar-refractivity contribution >= 4 is 45.3 Å². The summed E-state index contributed by atoms with van der Waals surface area (Å²) in [4.78, 5) is 0. The fourth-order valence-electron chi connectivity index (χ4n) is 4.43. The number of aryl methyl sites for hydroxylation is 1. The largest absolute Gasteiger partial charge is 0.353 e. The highest BCUT2D eigenvalue weighted by Crippen LogP contribution is 2.39. The van der Waals surface area contributed by atoms with E-state index in [4.69, 9.17) is 0 Å². The molecule has 0 aliphatic carbocycles. The molecule has 0 unspecified atom stereocenters. The van der Waals surface area contributed by atoms with Crippen molar-refractivity contribution in [1.82, 2.24) is 4.57 Å². The SMILES string of the molecule is Cc1ccc2c3ccccc3n(-c3cccc4c3Nc3ccccc3C=C4)c2c1. The van der Waals surface area contributed by atoms with Gasteiger partial charge in [0.05, 0.1) is 22.4 Å². The van der Waals surface area contributed by atoms with Gasteiger partial charge in [0.2, 0.25) is 0 Å². The molecule has 0 spiro atoms. The van der Waals surface area contributed by atoms with Crippen LogP contribution in [0.25, 0.3) is 39.6 Å². The van der Waals surface area contributed by atoms with Gasteiger partial charge in [-0.3, -0.25) is 0 Å². The van der Waals surface area contributed by atoms with E-state index in [1.54, 1.807) is 0 Å². The molecule has 1 aliphatic rings. The normalized spacial score (nSPS) is 12.4. The van der Waals surface area contributed by atoms with Crippen LogP contribution in [0.1, 0.15) is 16.7 Å². The molecule has 0 radical (unpaired) electrons. The monoisotopic (exact) mass is 372 g/mol. The Kier molecular flexibility index (Phi) is 3.41. The van der Waals surface area contributed by atoms with Gasteiger partial charge < -0.3 is 9.88 Å². The lowest BCUT2D eigenvalue weighted by Gasteiger charge is -2.17. The topological polar surface area (TPSA) is 17.0 Å². The molecule has 5 aromatic rings. The van der Waals surface area contributed by atoms with Crippen LogP contribution >= 0.6 is 0 Å². The zero-order valence-corrected chi connectivity index (χ0v) is 16.2. The number of aromatic nitrogens is 1. The minimum Gasteiger partial charge on any atom is -0.353 e. The third kappa shape index (κ3) is 2.43. The van der Waals surface area contributed by atoms with Crippen molar-refractivity contribution in [2.75, 3.05) is 5.32 Å². The van der Waals surface area contributed by atoms with Crippen molar-refractivity contribution in [1.29, 1.82) is 0 Å². The Hall–Kier alpha value is -3.78. The maximum absolute atomic E-state index is 3.72. The third-order valence-electron chi connectivity index (χ3n) is 5.81. The molecule has 1 aromatic heterocycles. The van der Waals surface area contributed by atoms with Crippen molar-refractivity contribution in [3.05, 3.63) is 102 Å². The molecule has 0 saturated carbocycles. The number of rotatable bonds is 1. The van der Waals surface area contributed by atoms with Gasteiger partial charge in [-0.05, 0) is 42.3 Å². The van der Waals surface area contributed by atoms with Crippen LogP contribution in [-0.4, -0.2) is 4.57 Å². The van der Waals surface area contributed by atoms with E-state index >= 15 is 0 Å². The van der Waals surface area contributed by atoms with E-state index in [9.17, 15) is 0 Å². The second-order valence-corrected chi connectivity index (χ2v) is 7.66. The highest BCUT2D eigenvalue weighted by atomic mass is 15.0. The summed E-state index contributed by atoms with van der Waals surface area (Å²) in [7, 11) is 0. The smallest absolute Gasteiger partial charge is 0.0703 e. The number of hydrogen-bond acceptors (Lipinski definition) is 1. The summed E-state index contributed by atoms with van der Waals surface area (Å²) in [6, 6.07) is 30.4. The van der Waals surface area contributed by atoms with Gasteiger partial charge in [-0.1, -0.05) is 72.8 Å². The second kappa shape index (κ2) is 6.11. The number of benzene rings is 4. The first-order valence-electron chi connectivity index (χ1n) is 9.97. The van der Waals surface area contributed by atoms with E-state index in [1.165, 1.54) is 44.2 Å². The predicted molar refractivity (Wildman–Crippen MR) is 124 cm³/mol. The zero-order valence-electron chi connectivity index (χ0n) is 16.2. The average molecular weight is 372 g/mol. The Morgan fingerprint density at radius 2 is 1.41 bits per heavy atom. The predicted octanol–water partition coefficient (Wildman–Crippen LogP) is 7.32. The van der Waals surface area contributed by atoms with Crippen LogP contribution < -0.4 is 5.32 Å². The molecule has 138 valence electrons. The van der Waals surface area contributed by atoms with E-state index in [0.29, 0.717) is 0 Å². The average Bonchev–Trinajstić information content (AvgIpc) is 2.93. The van der Waals surface area contributed by atoms with Crippen LogP contribution in [0.3, 0.4) is 0 Å². The summed E-state index contributed by atoms with van der Waals surface area (Å²) in [5.41, 5.74) is 9.56. The van der Waals surface area contributed by atoms with Gasteiger partial charge >= 0.3 is 0 Å². The van der Waals surface area contributed by atoms with E-state index in [0.717, 1.165) is 11.4 Å². The van der Waals surface area contributed by atoms with Crippen molar-refractivity contribution in [3.8, 4) is 5.69 Å². The van der Waals surface area contributed by atoms with Crippen LogP contribution in [-0.2, 0) is 0 Å².